The average molecular weight is 334 g/mol. The van der Waals surface area contributed by atoms with Crippen LogP contribution >= 0.6 is 0 Å². The van der Waals surface area contributed by atoms with E-state index in [-0.39, 0.29) is 18.8 Å². The summed E-state index contributed by atoms with van der Waals surface area (Å²) in [6, 6.07) is 2.42. The zero-order chi connectivity index (χ0) is 17.2. The predicted octanol–water partition coefficient (Wildman–Crippen LogP) is 1.70. The van der Waals surface area contributed by atoms with E-state index >= 15 is 0 Å². The van der Waals surface area contributed by atoms with Gasteiger partial charge in [0.15, 0.2) is 0 Å². The van der Waals surface area contributed by atoms with Crippen LogP contribution in [-0.4, -0.2) is 35.9 Å². The number of halogens is 4. The minimum Gasteiger partial charge on any atom is -0.490 e. The Bertz CT molecular complexity index is 611. The van der Waals surface area contributed by atoms with Gasteiger partial charge in [0, 0.05) is 25.9 Å². The van der Waals surface area contributed by atoms with E-state index in [1.807, 2.05) is 0 Å². The lowest BCUT2D eigenvalue weighted by Crippen LogP contribution is -2.46. The van der Waals surface area contributed by atoms with E-state index in [9.17, 15) is 27.2 Å². The van der Waals surface area contributed by atoms with E-state index in [4.69, 9.17) is 10.5 Å². The highest BCUT2D eigenvalue weighted by molar-refractivity contribution is 6.34. The first-order valence-electron chi connectivity index (χ1n) is 6.80. The minimum absolute atomic E-state index is 0.0987. The van der Waals surface area contributed by atoms with Crippen molar-refractivity contribution >= 4 is 11.8 Å². The molecule has 1 aromatic carbocycles. The van der Waals surface area contributed by atoms with Crippen molar-refractivity contribution in [2.24, 2.45) is 5.73 Å². The standard InChI is InChI=1S/C14H14F4N2O3/c15-11-2-1-9(7-10(11)14(16,17)18)23-8-3-5-20(6-4-8)13(22)12(19)21/h1-2,7-8H,3-6H2,(H2,19,21). The normalized spacial score (nSPS) is 16.3. The van der Waals surface area contributed by atoms with Gasteiger partial charge in [0.25, 0.3) is 0 Å². The highest BCUT2D eigenvalue weighted by atomic mass is 19.4. The number of nitrogens with zero attached hydrogens (tertiary/aromatic N) is 1. The fourth-order valence-electron chi connectivity index (χ4n) is 2.32. The minimum atomic E-state index is -4.80. The Hall–Kier alpha value is -2.32. The van der Waals surface area contributed by atoms with Crippen LogP contribution in [0.2, 0.25) is 0 Å². The Morgan fingerprint density at radius 2 is 1.83 bits per heavy atom. The summed E-state index contributed by atoms with van der Waals surface area (Å²) in [6.45, 7) is 0.416. The Labute approximate surface area is 129 Å². The Morgan fingerprint density at radius 1 is 1.22 bits per heavy atom. The van der Waals surface area contributed by atoms with Gasteiger partial charge in [-0.1, -0.05) is 0 Å². The molecule has 2 rings (SSSR count). The van der Waals surface area contributed by atoms with Gasteiger partial charge in [-0.05, 0) is 18.2 Å². The molecule has 126 valence electrons. The number of carbonyl (C=O) groups is 2. The van der Waals surface area contributed by atoms with E-state index in [2.05, 4.69) is 0 Å². The molecule has 0 unspecified atom stereocenters. The van der Waals surface area contributed by atoms with Crippen LogP contribution in [0.15, 0.2) is 18.2 Å². The number of alkyl halides is 3. The third-order valence-electron chi connectivity index (χ3n) is 3.49. The summed E-state index contributed by atoms with van der Waals surface area (Å²) in [4.78, 5) is 23.4. The second-order valence-corrected chi connectivity index (χ2v) is 5.11. The average Bonchev–Trinajstić information content (AvgIpc) is 2.48. The number of likely N-dealkylation sites (tertiary alicyclic amines) is 1. The summed E-state index contributed by atoms with van der Waals surface area (Å²) >= 11 is 0. The number of piperidine rings is 1. The summed E-state index contributed by atoms with van der Waals surface area (Å²) in [6.07, 6.45) is -4.57. The molecular weight excluding hydrogens is 320 g/mol. The zero-order valence-electron chi connectivity index (χ0n) is 11.9. The summed E-state index contributed by atoms with van der Waals surface area (Å²) in [7, 11) is 0. The molecule has 23 heavy (non-hydrogen) atoms. The first kappa shape index (κ1) is 17.0. The molecule has 1 aromatic rings. The van der Waals surface area contributed by atoms with Gasteiger partial charge in [-0.3, -0.25) is 9.59 Å². The highest BCUT2D eigenvalue weighted by Crippen LogP contribution is 2.34. The number of primary amides is 1. The quantitative estimate of drug-likeness (QED) is 0.661. The SMILES string of the molecule is NC(=O)C(=O)N1CCC(Oc2ccc(F)c(C(F)(F)F)c2)CC1. The van der Waals surface area contributed by atoms with Gasteiger partial charge in [0.05, 0.1) is 5.56 Å². The molecule has 2 amide bonds. The van der Waals surface area contributed by atoms with E-state index in [1.54, 1.807) is 0 Å². The molecule has 1 aliphatic heterocycles. The number of benzene rings is 1. The lowest BCUT2D eigenvalue weighted by atomic mass is 10.1. The van der Waals surface area contributed by atoms with Crippen molar-refractivity contribution in [2.45, 2.75) is 25.1 Å². The first-order valence-corrected chi connectivity index (χ1v) is 6.80. The molecule has 1 aliphatic rings. The van der Waals surface area contributed by atoms with E-state index in [0.29, 0.717) is 25.0 Å². The number of ether oxygens (including phenoxy) is 1. The Kier molecular flexibility index (Phi) is 4.76. The van der Waals surface area contributed by atoms with Crippen LogP contribution in [0.4, 0.5) is 17.6 Å². The van der Waals surface area contributed by atoms with Gasteiger partial charge < -0.3 is 15.4 Å². The van der Waals surface area contributed by atoms with Crippen molar-refractivity contribution in [2.75, 3.05) is 13.1 Å². The fourth-order valence-corrected chi connectivity index (χ4v) is 2.32. The molecule has 0 atom stereocenters. The summed E-state index contributed by atoms with van der Waals surface area (Å²) in [5.41, 5.74) is 3.50. The molecule has 0 saturated carbocycles. The molecule has 0 radical (unpaired) electrons. The van der Waals surface area contributed by atoms with Gasteiger partial charge in [-0.2, -0.15) is 13.2 Å². The van der Waals surface area contributed by atoms with Crippen LogP contribution in [0, 0.1) is 5.82 Å². The molecule has 1 saturated heterocycles. The molecule has 1 fully saturated rings. The number of nitrogens with two attached hydrogens (primary N) is 1. The van der Waals surface area contributed by atoms with Gasteiger partial charge in [0.2, 0.25) is 0 Å². The summed E-state index contributed by atoms with van der Waals surface area (Å²) < 4.78 is 56.5. The third-order valence-corrected chi connectivity index (χ3v) is 3.49. The van der Waals surface area contributed by atoms with Crippen LogP contribution in [-0.2, 0) is 15.8 Å². The maximum atomic E-state index is 13.2. The van der Waals surface area contributed by atoms with Crippen LogP contribution in [0.1, 0.15) is 18.4 Å². The van der Waals surface area contributed by atoms with Gasteiger partial charge in [0.1, 0.15) is 17.7 Å². The smallest absolute Gasteiger partial charge is 0.419 e. The molecule has 0 spiro atoms. The molecule has 0 aliphatic carbocycles. The van der Waals surface area contributed by atoms with Crippen LogP contribution in [0.5, 0.6) is 5.75 Å². The largest absolute Gasteiger partial charge is 0.490 e. The molecule has 0 aromatic heterocycles. The van der Waals surface area contributed by atoms with Gasteiger partial charge in [-0.15, -0.1) is 0 Å². The second kappa shape index (κ2) is 6.43. The monoisotopic (exact) mass is 334 g/mol. The molecule has 9 heteroatoms. The Morgan fingerprint density at radius 3 is 2.35 bits per heavy atom. The van der Waals surface area contributed by atoms with Gasteiger partial charge in [-0.25, -0.2) is 4.39 Å². The van der Waals surface area contributed by atoms with Crippen LogP contribution < -0.4 is 10.5 Å². The van der Waals surface area contributed by atoms with E-state index in [1.165, 1.54) is 4.90 Å². The molecule has 1 heterocycles. The maximum Gasteiger partial charge on any atom is 0.419 e. The second-order valence-electron chi connectivity index (χ2n) is 5.11. The van der Waals surface area contributed by atoms with Crippen LogP contribution in [0.3, 0.4) is 0 Å². The van der Waals surface area contributed by atoms with Crippen LogP contribution in [0.25, 0.3) is 0 Å². The number of hydrogen-bond donors (Lipinski definition) is 1. The number of amides is 2. The van der Waals surface area contributed by atoms with Crippen molar-refractivity contribution in [3.63, 3.8) is 0 Å². The summed E-state index contributed by atoms with van der Waals surface area (Å²) in [5, 5.41) is 0. The van der Waals surface area contributed by atoms with Crippen molar-refractivity contribution in [1.82, 2.24) is 4.90 Å². The Balaban J connectivity index is 2.00. The highest BCUT2D eigenvalue weighted by Gasteiger charge is 2.35. The van der Waals surface area contributed by atoms with Crippen molar-refractivity contribution in [3.8, 4) is 5.75 Å². The number of carbonyl (C=O) groups excluding carboxylic acids is 2. The summed E-state index contributed by atoms with van der Waals surface area (Å²) in [5.74, 6) is -3.33. The molecule has 5 nitrogen and oxygen atoms in total. The van der Waals surface area contributed by atoms with E-state index in [0.717, 1.165) is 6.07 Å². The lowest BCUT2D eigenvalue weighted by molar-refractivity contribution is -0.145. The number of rotatable bonds is 2. The number of hydrogen-bond acceptors (Lipinski definition) is 3. The van der Waals surface area contributed by atoms with E-state index < -0.39 is 35.5 Å². The first-order chi connectivity index (χ1) is 10.7. The van der Waals surface area contributed by atoms with Crippen molar-refractivity contribution < 1.29 is 31.9 Å². The molecular formula is C14H14F4N2O3. The topological polar surface area (TPSA) is 72.6 Å². The third kappa shape index (κ3) is 4.11. The fraction of sp³-hybridized carbons (Fsp3) is 0.429. The van der Waals surface area contributed by atoms with Gasteiger partial charge >= 0.3 is 18.0 Å². The predicted molar refractivity (Wildman–Crippen MR) is 70.8 cm³/mol. The molecule has 2 N–H and O–H groups in total. The maximum absolute atomic E-state index is 13.2. The van der Waals surface area contributed by atoms with Crippen molar-refractivity contribution in [1.29, 1.82) is 0 Å². The molecule has 0 bridgehead atoms. The lowest BCUT2D eigenvalue weighted by Gasteiger charge is -2.31. The zero-order valence-corrected chi connectivity index (χ0v) is 11.9. The van der Waals surface area contributed by atoms with Crippen molar-refractivity contribution in [3.05, 3.63) is 29.6 Å².